The summed E-state index contributed by atoms with van der Waals surface area (Å²) in [5.41, 5.74) is 2.32. The van der Waals surface area contributed by atoms with Gasteiger partial charge in [0.2, 0.25) is 5.88 Å². The molecule has 20 heavy (non-hydrogen) atoms. The third kappa shape index (κ3) is 2.98. The Bertz CT molecular complexity index is 635. The lowest BCUT2D eigenvalue weighted by molar-refractivity contribution is 0.393. The number of benzene rings is 1. The predicted molar refractivity (Wildman–Crippen MR) is 75.8 cm³/mol. The second kappa shape index (κ2) is 6.43. The van der Waals surface area contributed by atoms with Crippen LogP contribution >= 0.6 is 0 Å². The Balaban J connectivity index is 2.17. The second-order valence-electron chi connectivity index (χ2n) is 4.05. The van der Waals surface area contributed by atoms with Crippen molar-refractivity contribution < 1.29 is 9.47 Å². The summed E-state index contributed by atoms with van der Waals surface area (Å²) in [6, 6.07) is 11.1. The summed E-state index contributed by atoms with van der Waals surface area (Å²) in [7, 11) is 3.17. The molecule has 5 nitrogen and oxygen atoms in total. The highest BCUT2D eigenvalue weighted by Crippen LogP contribution is 2.26. The van der Waals surface area contributed by atoms with E-state index in [9.17, 15) is 0 Å². The normalized spacial score (nSPS) is 9.65. The molecule has 0 spiro atoms. The van der Waals surface area contributed by atoms with Crippen LogP contribution in [0.4, 0.5) is 5.69 Å². The summed E-state index contributed by atoms with van der Waals surface area (Å²) in [5, 5.41) is 12.1. The minimum absolute atomic E-state index is 0.555. The van der Waals surface area contributed by atoms with Gasteiger partial charge in [0.05, 0.1) is 31.5 Å². The average Bonchev–Trinajstić information content (AvgIpc) is 2.52. The molecule has 1 aromatic carbocycles. The van der Waals surface area contributed by atoms with Crippen molar-refractivity contribution in [1.82, 2.24) is 4.98 Å². The largest absolute Gasteiger partial charge is 0.495 e. The lowest BCUT2D eigenvalue weighted by atomic mass is 10.2. The molecule has 0 unspecified atom stereocenters. The number of aromatic nitrogens is 1. The summed E-state index contributed by atoms with van der Waals surface area (Å²) in [6.45, 7) is 0.555. The van der Waals surface area contributed by atoms with Gasteiger partial charge < -0.3 is 14.8 Å². The first-order valence-corrected chi connectivity index (χ1v) is 6.08. The molecule has 1 N–H and O–H groups in total. The third-order valence-corrected chi connectivity index (χ3v) is 2.84. The number of rotatable bonds is 5. The number of hydrogen-bond acceptors (Lipinski definition) is 5. The zero-order chi connectivity index (χ0) is 14.4. The van der Waals surface area contributed by atoms with E-state index in [0.29, 0.717) is 23.7 Å². The van der Waals surface area contributed by atoms with Gasteiger partial charge in [-0.2, -0.15) is 5.26 Å². The first-order chi connectivity index (χ1) is 9.78. The van der Waals surface area contributed by atoms with Gasteiger partial charge in [-0.25, -0.2) is 4.98 Å². The van der Waals surface area contributed by atoms with Crippen molar-refractivity contribution in [1.29, 1.82) is 5.26 Å². The monoisotopic (exact) mass is 269 g/mol. The molecule has 0 saturated heterocycles. The molecule has 0 aliphatic heterocycles. The Morgan fingerprint density at radius 1 is 1.25 bits per heavy atom. The van der Waals surface area contributed by atoms with Crippen molar-refractivity contribution in [2.24, 2.45) is 0 Å². The van der Waals surface area contributed by atoms with Crippen LogP contribution in [0.3, 0.4) is 0 Å². The fraction of sp³-hybridized carbons (Fsp3) is 0.200. The zero-order valence-corrected chi connectivity index (χ0v) is 11.4. The zero-order valence-electron chi connectivity index (χ0n) is 11.4. The minimum Gasteiger partial charge on any atom is -0.495 e. The third-order valence-electron chi connectivity index (χ3n) is 2.84. The predicted octanol–water partition coefficient (Wildman–Crippen LogP) is 2.58. The number of anilines is 1. The molecule has 0 saturated carbocycles. The first-order valence-electron chi connectivity index (χ1n) is 6.08. The van der Waals surface area contributed by atoms with Crippen molar-refractivity contribution in [3.8, 4) is 17.7 Å². The second-order valence-corrected chi connectivity index (χ2v) is 4.05. The van der Waals surface area contributed by atoms with E-state index < -0.39 is 0 Å². The molecule has 5 heteroatoms. The van der Waals surface area contributed by atoms with Crippen LogP contribution in [0, 0.1) is 11.3 Å². The first kappa shape index (κ1) is 13.7. The lowest BCUT2D eigenvalue weighted by Gasteiger charge is -2.12. The van der Waals surface area contributed by atoms with Crippen molar-refractivity contribution in [3.05, 3.63) is 47.7 Å². The number of methoxy groups -OCH3 is 2. The molecule has 1 aromatic heterocycles. The Hall–Kier alpha value is -2.74. The van der Waals surface area contributed by atoms with Crippen LogP contribution < -0.4 is 14.8 Å². The number of pyridine rings is 1. The van der Waals surface area contributed by atoms with E-state index in [-0.39, 0.29) is 0 Å². The number of nitrogens with one attached hydrogen (secondary N) is 1. The summed E-state index contributed by atoms with van der Waals surface area (Å²) < 4.78 is 10.5. The molecule has 0 fully saturated rings. The van der Waals surface area contributed by atoms with Crippen LogP contribution in [-0.2, 0) is 6.54 Å². The van der Waals surface area contributed by atoms with Gasteiger partial charge in [0.1, 0.15) is 5.75 Å². The summed E-state index contributed by atoms with van der Waals surface area (Å²) >= 11 is 0. The number of nitrogens with zero attached hydrogens (tertiary/aromatic N) is 2. The molecule has 0 bridgehead atoms. The maximum Gasteiger partial charge on any atom is 0.218 e. The molecule has 0 atom stereocenters. The van der Waals surface area contributed by atoms with E-state index in [1.165, 1.54) is 0 Å². The molecule has 2 rings (SSSR count). The maximum absolute atomic E-state index is 8.87. The molecule has 0 radical (unpaired) electrons. The highest BCUT2D eigenvalue weighted by atomic mass is 16.5. The Morgan fingerprint density at radius 2 is 2.10 bits per heavy atom. The maximum atomic E-state index is 8.87. The molecule has 1 heterocycles. The number of hydrogen-bond donors (Lipinski definition) is 1. The fourth-order valence-electron chi connectivity index (χ4n) is 1.84. The average molecular weight is 269 g/mol. The van der Waals surface area contributed by atoms with Gasteiger partial charge in [0.25, 0.3) is 0 Å². The lowest BCUT2D eigenvalue weighted by Crippen LogP contribution is -2.04. The summed E-state index contributed by atoms with van der Waals surface area (Å²) in [4.78, 5) is 4.14. The van der Waals surface area contributed by atoms with Crippen LogP contribution in [0.15, 0.2) is 36.5 Å². The van der Waals surface area contributed by atoms with Crippen molar-refractivity contribution in [3.63, 3.8) is 0 Å². The fourth-order valence-corrected chi connectivity index (χ4v) is 1.84. The van der Waals surface area contributed by atoms with E-state index in [1.807, 2.05) is 18.2 Å². The van der Waals surface area contributed by atoms with Gasteiger partial charge in [-0.05, 0) is 18.2 Å². The van der Waals surface area contributed by atoms with Crippen LogP contribution in [0.5, 0.6) is 11.6 Å². The van der Waals surface area contributed by atoms with Gasteiger partial charge in [-0.1, -0.05) is 6.07 Å². The Labute approximate surface area is 117 Å². The van der Waals surface area contributed by atoms with Crippen LogP contribution in [0.1, 0.15) is 11.1 Å². The number of nitriles is 1. The topological polar surface area (TPSA) is 67.2 Å². The smallest absolute Gasteiger partial charge is 0.218 e. The molecular formula is C15H15N3O2. The minimum atomic E-state index is 0.555. The molecule has 0 aliphatic rings. The molecule has 0 aliphatic carbocycles. The standard InChI is InChI=1S/C15H15N3O2/c1-19-14-8-11(9-16)5-6-13(14)18-10-12-4-3-7-17-15(12)20-2/h3-8,18H,10H2,1-2H3. The Kier molecular flexibility index (Phi) is 4.40. The van der Waals surface area contributed by atoms with Crippen molar-refractivity contribution >= 4 is 5.69 Å². The summed E-state index contributed by atoms with van der Waals surface area (Å²) in [5.74, 6) is 1.22. The van der Waals surface area contributed by atoms with E-state index in [4.69, 9.17) is 14.7 Å². The molecular weight excluding hydrogens is 254 g/mol. The highest BCUT2D eigenvalue weighted by molar-refractivity contribution is 5.59. The van der Waals surface area contributed by atoms with Crippen LogP contribution in [0.2, 0.25) is 0 Å². The van der Waals surface area contributed by atoms with E-state index >= 15 is 0 Å². The number of ether oxygens (including phenoxy) is 2. The van der Waals surface area contributed by atoms with E-state index in [0.717, 1.165) is 11.3 Å². The van der Waals surface area contributed by atoms with Gasteiger partial charge >= 0.3 is 0 Å². The summed E-state index contributed by atoms with van der Waals surface area (Å²) in [6.07, 6.45) is 1.69. The highest BCUT2D eigenvalue weighted by Gasteiger charge is 2.07. The van der Waals surface area contributed by atoms with Gasteiger partial charge in [0, 0.05) is 24.4 Å². The van der Waals surface area contributed by atoms with Gasteiger partial charge in [0.15, 0.2) is 0 Å². The van der Waals surface area contributed by atoms with E-state index in [1.54, 1.807) is 32.5 Å². The molecule has 0 amide bonds. The van der Waals surface area contributed by atoms with Crippen LogP contribution in [-0.4, -0.2) is 19.2 Å². The van der Waals surface area contributed by atoms with Crippen molar-refractivity contribution in [2.75, 3.05) is 19.5 Å². The van der Waals surface area contributed by atoms with E-state index in [2.05, 4.69) is 16.4 Å². The van der Waals surface area contributed by atoms with Gasteiger partial charge in [-0.15, -0.1) is 0 Å². The van der Waals surface area contributed by atoms with Crippen molar-refractivity contribution in [2.45, 2.75) is 6.54 Å². The van der Waals surface area contributed by atoms with Crippen LogP contribution in [0.25, 0.3) is 0 Å². The molecule has 2 aromatic rings. The van der Waals surface area contributed by atoms with Gasteiger partial charge in [-0.3, -0.25) is 0 Å². The SMILES string of the molecule is COc1cc(C#N)ccc1NCc1cccnc1OC. The quantitative estimate of drug-likeness (QED) is 0.903. The molecule has 102 valence electrons. The Morgan fingerprint density at radius 3 is 2.80 bits per heavy atom.